The highest BCUT2D eigenvalue weighted by atomic mass is 19.1. The van der Waals surface area contributed by atoms with E-state index in [4.69, 9.17) is 0 Å². The van der Waals surface area contributed by atoms with E-state index in [1.54, 1.807) is 7.05 Å². The zero-order valence-corrected chi connectivity index (χ0v) is 9.02. The maximum Gasteiger partial charge on any atom is 0.221 e. The van der Waals surface area contributed by atoms with E-state index in [0.717, 1.165) is 12.1 Å². The first kappa shape index (κ1) is 12.6. The van der Waals surface area contributed by atoms with Gasteiger partial charge in [-0.1, -0.05) is 6.07 Å². The second-order valence-electron chi connectivity index (χ2n) is 3.33. The Morgan fingerprint density at radius 2 is 1.94 bits per heavy atom. The predicted molar refractivity (Wildman–Crippen MR) is 56.7 cm³/mol. The van der Waals surface area contributed by atoms with Crippen molar-refractivity contribution in [3.8, 4) is 0 Å². The Morgan fingerprint density at radius 3 is 2.50 bits per heavy atom. The summed E-state index contributed by atoms with van der Waals surface area (Å²) in [4.78, 5) is 11.2. The molecule has 0 bridgehead atoms. The Labute approximate surface area is 92.8 Å². The van der Waals surface area contributed by atoms with Crippen LogP contribution in [-0.2, 0) is 11.3 Å². The van der Waals surface area contributed by atoms with E-state index in [1.807, 2.05) is 0 Å². The third-order valence-electron chi connectivity index (χ3n) is 2.13. The highest BCUT2D eigenvalue weighted by Gasteiger charge is 2.09. The minimum atomic E-state index is -0.645. The van der Waals surface area contributed by atoms with Crippen molar-refractivity contribution in [3.05, 3.63) is 35.4 Å². The van der Waals surface area contributed by atoms with Crippen molar-refractivity contribution < 1.29 is 13.6 Å². The first-order valence-corrected chi connectivity index (χ1v) is 4.99. The molecule has 1 aromatic rings. The van der Waals surface area contributed by atoms with Crippen LogP contribution in [0.5, 0.6) is 0 Å². The summed E-state index contributed by atoms with van der Waals surface area (Å²) in [6, 6.07) is 3.62. The van der Waals surface area contributed by atoms with Crippen LogP contribution in [-0.4, -0.2) is 19.5 Å². The third-order valence-corrected chi connectivity index (χ3v) is 2.13. The second kappa shape index (κ2) is 6.17. The lowest BCUT2D eigenvalue weighted by Crippen LogP contribution is -2.26. The molecule has 0 aromatic heterocycles. The third kappa shape index (κ3) is 3.58. The molecule has 3 nitrogen and oxygen atoms in total. The molecule has 0 saturated heterocycles. The predicted octanol–water partition coefficient (Wildman–Crippen LogP) is 1.19. The Kier molecular flexibility index (Phi) is 4.85. The van der Waals surface area contributed by atoms with Gasteiger partial charge in [0.2, 0.25) is 5.91 Å². The number of amides is 1. The smallest absolute Gasteiger partial charge is 0.221 e. The lowest BCUT2D eigenvalue weighted by molar-refractivity contribution is -0.121. The van der Waals surface area contributed by atoms with Crippen molar-refractivity contribution in [1.29, 1.82) is 0 Å². The van der Waals surface area contributed by atoms with Gasteiger partial charge in [-0.3, -0.25) is 4.79 Å². The second-order valence-corrected chi connectivity index (χ2v) is 3.33. The average Bonchev–Trinajstić information content (AvgIpc) is 2.25. The van der Waals surface area contributed by atoms with Gasteiger partial charge in [-0.25, -0.2) is 8.78 Å². The maximum absolute atomic E-state index is 13.1. The monoisotopic (exact) mass is 228 g/mol. The Bertz CT molecular complexity index is 349. The van der Waals surface area contributed by atoms with Gasteiger partial charge in [-0.05, 0) is 19.2 Å². The summed E-state index contributed by atoms with van der Waals surface area (Å²) in [7, 11) is 1.73. The van der Waals surface area contributed by atoms with Gasteiger partial charge in [0.25, 0.3) is 0 Å². The number of halogens is 2. The van der Waals surface area contributed by atoms with E-state index in [0.29, 0.717) is 6.54 Å². The minimum Gasteiger partial charge on any atom is -0.352 e. The van der Waals surface area contributed by atoms with Crippen molar-refractivity contribution in [3.63, 3.8) is 0 Å². The summed E-state index contributed by atoms with van der Waals surface area (Å²) in [6.45, 7) is 0.409. The molecule has 16 heavy (non-hydrogen) atoms. The summed E-state index contributed by atoms with van der Waals surface area (Å²) >= 11 is 0. The molecule has 0 fully saturated rings. The lowest BCUT2D eigenvalue weighted by Gasteiger charge is -2.07. The first-order chi connectivity index (χ1) is 7.65. The molecule has 0 aliphatic rings. The van der Waals surface area contributed by atoms with Crippen LogP contribution in [0.1, 0.15) is 12.0 Å². The van der Waals surface area contributed by atoms with Crippen molar-refractivity contribution in [2.45, 2.75) is 13.0 Å². The Balaban J connectivity index is 2.51. The molecule has 0 saturated carbocycles. The van der Waals surface area contributed by atoms with Gasteiger partial charge in [0.05, 0.1) is 0 Å². The van der Waals surface area contributed by atoms with Crippen LogP contribution in [0.4, 0.5) is 8.78 Å². The lowest BCUT2D eigenvalue weighted by atomic mass is 10.2. The summed E-state index contributed by atoms with van der Waals surface area (Å²) in [5.41, 5.74) is -0.111. The van der Waals surface area contributed by atoms with E-state index >= 15 is 0 Å². The molecule has 5 heteroatoms. The molecule has 1 rings (SSSR count). The van der Waals surface area contributed by atoms with E-state index in [2.05, 4.69) is 10.6 Å². The fourth-order valence-corrected chi connectivity index (χ4v) is 1.22. The molecule has 0 spiro atoms. The normalized spacial score (nSPS) is 10.2. The van der Waals surface area contributed by atoms with Crippen molar-refractivity contribution in [2.75, 3.05) is 13.6 Å². The number of carbonyl (C=O) groups is 1. The Morgan fingerprint density at radius 1 is 1.31 bits per heavy atom. The van der Waals surface area contributed by atoms with Gasteiger partial charge in [0.15, 0.2) is 0 Å². The highest BCUT2D eigenvalue weighted by molar-refractivity contribution is 5.76. The number of nitrogens with one attached hydrogen (secondary N) is 2. The fourth-order valence-electron chi connectivity index (χ4n) is 1.22. The number of hydrogen-bond donors (Lipinski definition) is 2. The van der Waals surface area contributed by atoms with Crippen LogP contribution in [0.25, 0.3) is 0 Å². The maximum atomic E-state index is 13.1. The van der Waals surface area contributed by atoms with Gasteiger partial charge in [0.1, 0.15) is 11.6 Å². The number of hydrogen-bond acceptors (Lipinski definition) is 2. The molecule has 0 unspecified atom stereocenters. The highest BCUT2D eigenvalue weighted by Crippen LogP contribution is 2.11. The first-order valence-electron chi connectivity index (χ1n) is 4.99. The number of rotatable bonds is 5. The molecule has 2 N–H and O–H groups in total. The van der Waals surface area contributed by atoms with Crippen LogP contribution >= 0.6 is 0 Å². The van der Waals surface area contributed by atoms with E-state index in [1.165, 1.54) is 6.07 Å². The minimum absolute atomic E-state index is 0.111. The van der Waals surface area contributed by atoms with Crippen LogP contribution in [0.2, 0.25) is 0 Å². The van der Waals surface area contributed by atoms with Gasteiger partial charge in [-0.2, -0.15) is 0 Å². The molecule has 0 aliphatic carbocycles. The summed E-state index contributed by atoms with van der Waals surface area (Å²) < 4.78 is 26.3. The zero-order valence-electron chi connectivity index (χ0n) is 9.02. The van der Waals surface area contributed by atoms with Crippen LogP contribution < -0.4 is 10.6 Å². The van der Waals surface area contributed by atoms with E-state index < -0.39 is 11.6 Å². The SMILES string of the molecule is CNCCC(=O)NCc1c(F)cccc1F. The topological polar surface area (TPSA) is 41.1 Å². The largest absolute Gasteiger partial charge is 0.352 e. The summed E-state index contributed by atoms with van der Waals surface area (Å²) in [5.74, 6) is -1.53. The molecule has 0 heterocycles. The molecule has 88 valence electrons. The zero-order chi connectivity index (χ0) is 12.0. The van der Waals surface area contributed by atoms with Gasteiger partial charge >= 0.3 is 0 Å². The molecule has 0 radical (unpaired) electrons. The summed E-state index contributed by atoms with van der Waals surface area (Å²) in [5, 5.41) is 5.27. The molecule has 0 atom stereocenters. The average molecular weight is 228 g/mol. The Hall–Kier alpha value is -1.49. The standard InChI is InChI=1S/C11H14F2N2O/c1-14-6-5-11(16)15-7-8-9(12)3-2-4-10(8)13/h2-4,14H,5-7H2,1H3,(H,15,16). The molecule has 1 aromatic carbocycles. The molecular formula is C11H14F2N2O. The number of carbonyl (C=O) groups excluding carboxylic acids is 1. The van der Waals surface area contributed by atoms with Crippen LogP contribution in [0.15, 0.2) is 18.2 Å². The number of benzene rings is 1. The van der Waals surface area contributed by atoms with Crippen LogP contribution in [0, 0.1) is 11.6 Å². The molecule has 1 amide bonds. The van der Waals surface area contributed by atoms with Gasteiger partial charge < -0.3 is 10.6 Å². The van der Waals surface area contributed by atoms with Crippen molar-refractivity contribution in [1.82, 2.24) is 10.6 Å². The quantitative estimate of drug-likeness (QED) is 0.794. The van der Waals surface area contributed by atoms with E-state index in [9.17, 15) is 13.6 Å². The van der Waals surface area contributed by atoms with Crippen molar-refractivity contribution in [2.24, 2.45) is 0 Å². The van der Waals surface area contributed by atoms with Gasteiger partial charge in [0, 0.05) is 25.1 Å². The summed E-state index contributed by atoms with van der Waals surface area (Å²) in [6.07, 6.45) is 0.284. The molecule has 0 aliphatic heterocycles. The van der Waals surface area contributed by atoms with Crippen LogP contribution in [0.3, 0.4) is 0 Å². The fraction of sp³-hybridized carbons (Fsp3) is 0.364. The van der Waals surface area contributed by atoms with Crippen molar-refractivity contribution >= 4 is 5.91 Å². The van der Waals surface area contributed by atoms with E-state index in [-0.39, 0.29) is 24.4 Å². The van der Waals surface area contributed by atoms with Gasteiger partial charge in [-0.15, -0.1) is 0 Å². The molecular weight excluding hydrogens is 214 g/mol.